The molecule has 1 aliphatic rings. The van der Waals surface area contributed by atoms with Gasteiger partial charge in [-0.2, -0.15) is 0 Å². The molecule has 7 heteroatoms. The SMILES string of the molecule is Cc1nc(COc2ccccc2/C=C/C(=O)Nc2ccccc2C(=O)NC2CC2)cs1. The number of para-hydroxylation sites is 2. The number of anilines is 1. The van der Waals surface area contributed by atoms with Crippen LogP contribution in [0.3, 0.4) is 0 Å². The van der Waals surface area contributed by atoms with E-state index in [-0.39, 0.29) is 17.9 Å². The van der Waals surface area contributed by atoms with Crippen molar-refractivity contribution in [1.82, 2.24) is 10.3 Å². The van der Waals surface area contributed by atoms with E-state index in [0.29, 0.717) is 23.6 Å². The average Bonchev–Trinajstić information content (AvgIpc) is 3.49. The van der Waals surface area contributed by atoms with E-state index in [1.54, 1.807) is 41.7 Å². The Morgan fingerprint density at radius 1 is 1.16 bits per heavy atom. The zero-order valence-electron chi connectivity index (χ0n) is 17.1. The average molecular weight is 434 g/mol. The quantitative estimate of drug-likeness (QED) is 0.510. The highest BCUT2D eigenvalue weighted by Gasteiger charge is 2.24. The minimum atomic E-state index is -0.323. The molecule has 1 aromatic heterocycles. The zero-order chi connectivity index (χ0) is 21.6. The van der Waals surface area contributed by atoms with Gasteiger partial charge in [0.1, 0.15) is 12.4 Å². The Morgan fingerprint density at radius 2 is 1.94 bits per heavy atom. The molecule has 1 aliphatic carbocycles. The van der Waals surface area contributed by atoms with Crippen molar-refractivity contribution < 1.29 is 14.3 Å². The van der Waals surface area contributed by atoms with Gasteiger partial charge in [-0.15, -0.1) is 11.3 Å². The van der Waals surface area contributed by atoms with Gasteiger partial charge in [0, 0.05) is 23.1 Å². The van der Waals surface area contributed by atoms with Gasteiger partial charge in [0.05, 0.1) is 22.0 Å². The van der Waals surface area contributed by atoms with Crippen molar-refractivity contribution in [1.29, 1.82) is 0 Å². The smallest absolute Gasteiger partial charge is 0.253 e. The molecule has 0 unspecified atom stereocenters. The van der Waals surface area contributed by atoms with E-state index in [0.717, 1.165) is 29.1 Å². The maximum absolute atomic E-state index is 12.5. The summed E-state index contributed by atoms with van der Waals surface area (Å²) in [5.74, 6) is 0.177. The molecular formula is C24H23N3O3S. The zero-order valence-corrected chi connectivity index (χ0v) is 17.9. The van der Waals surface area contributed by atoms with Crippen LogP contribution < -0.4 is 15.4 Å². The van der Waals surface area contributed by atoms with Gasteiger partial charge in [-0.25, -0.2) is 4.98 Å². The van der Waals surface area contributed by atoms with Crippen LogP contribution in [0.1, 0.15) is 39.5 Å². The van der Waals surface area contributed by atoms with E-state index >= 15 is 0 Å². The van der Waals surface area contributed by atoms with Crippen LogP contribution in [0.5, 0.6) is 5.75 Å². The Hall–Kier alpha value is -3.45. The number of hydrogen-bond acceptors (Lipinski definition) is 5. The highest BCUT2D eigenvalue weighted by Crippen LogP contribution is 2.23. The van der Waals surface area contributed by atoms with Crippen LogP contribution in [0.2, 0.25) is 0 Å². The lowest BCUT2D eigenvalue weighted by Gasteiger charge is -2.10. The molecule has 1 heterocycles. The van der Waals surface area contributed by atoms with E-state index in [2.05, 4.69) is 15.6 Å². The summed E-state index contributed by atoms with van der Waals surface area (Å²) in [6.07, 6.45) is 5.15. The summed E-state index contributed by atoms with van der Waals surface area (Å²) in [5.41, 5.74) is 2.60. The predicted octanol–water partition coefficient (Wildman–Crippen LogP) is 4.57. The predicted molar refractivity (Wildman–Crippen MR) is 122 cm³/mol. The van der Waals surface area contributed by atoms with Crippen molar-refractivity contribution >= 4 is 34.9 Å². The summed E-state index contributed by atoms with van der Waals surface area (Å²) in [6, 6.07) is 14.8. The van der Waals surface area contributed by atoms with Gasteiger partial charge in [-0.3, -0.25) is 9.59 Å². The summed E-state index contributed by atoms with van der Waals surface area (Å²) in [7, 11) is 0. The van der Waals surface area contributed by atoms with Gasteiger partial charge in [0.25, 0.3) is 5.91 Å². The van der Waals surface area contributed by atoms with Crippen LogP contribution >= 0.6 is 11.3 Å². The number of hydrogen-bond donors (Lipinski definition) is 2. The first-order valence-electron chi connectivity index (χ1n) is 10.1. The normalized spacial score (nSPS) is 13.2. The number of amides is 2. The number of rotatable bonds is 8. The lowest BCUT2D eigenvalue weighted by Crippen LogP contribution is -2.26. The molecule has 0 radical (unpaired) electrons. The largest absolute Gasteiger partial charge is 0.487 e. The number of nitrogens with zero attached hydrogens (tertiary/aromatic N) is 1. The molecule has 1 fully saturated rings. The van der Waals surface area contributed by atoms with E-state index in [1.807, 2.05) is 36.6 Å². The standard InChI is InChI=1S/C24H23N3O3S/c1-16-25-19(15-31-16)14-30-22-9-5-2-6-17(22)10-13-23(28)27-21-8-4-3-7-20(21)24(29)26-18-11-12-18/h2-10,13,15,18H,11-12,14H2,1H3,(H,26,29)(H,27,28)/b13-10+. The highest BCUT2D eigenvalue weighted by molar-refractivity contribution is 7.09. The fourth-order valence-corrected chi connectivity index (χ4v) is 3.59. The first kappa shape index (κ1) is 20.8. The molecule has 1 saturated carbocycles. The Bertz CT molecular complexity index is 1120. The minimum Gasteiger partial charge on any atom is -0.487 e. The van der Waals surface area contributed by atoms with Gasteiger partial charge < -0.3 is 15.4 Å². The second kappa shape index (κ2) is 9.57. The number of ether oxygens (including phenoxy) is 1. The number of nitrogens with one attached hydrogen (secondary N) is 2. The topological polar surface area (TPSA) is 80.3 Å². The summed E-state index contributed by atoms with van der Waals surface area (Å²) < 4.78 is 5.89. The second-order valence-corrected chi connectivity index (χ2v) is 8.36. The summed E-state index contributed by atoms with van der Waals surface area (Å²) in [4.78, 5) is 29.3. The van der Waals surface area contributed by atoms with E-state index in [1.165, 1.54) is 6.08 Å². The maximum Gasteiger partial charge on any atom is 0.253 e. The van der Waals surface area contributed by atoms with Gasteiger partial charge in [0.2, 0.25) is 5.91 Å². The molecule has 6 nitrogen and oxygen atoms in total. The van der Waals surface area contributed by atoms with E-state index in [4.69, 9.17) is 4.74 Å². The van der Waals surface area contributed by atoms with Gasteiger partial charge in [0.15, 0.2) is 0 Å². The van der Waals surface area contributed by atoms with Crippen molar-refractivity contribution in [3.8, 4) is 5.75 Å². The fraction of sp³-hybridized carbons (Fsp3) is 0.208. The van der Waals surface area contributed by atoms with Crippen molar-refractivity contribution in [3.05, 3.63) is 81.8 Å². The number of aryl methyl sites for hydroxylation is 1. The number of thiazole rings is 1. The summed E-state index contributed by atoms with van der Waals surface area (Å²) in [5, 5.41) is 8.71. The molecule has 31 heavy (non-hydrogen) atoms. The maximum atomic E-state index is 12.5. The molecule has 4 rings (SSSR count). The minimum absolute atomic E-state index is 0.168. The molecular weight excluding hydrogens is 410 g/mol. The monoisotopic (exact) mass is 433 g/mol. The third-order valence-corrected chi connectivity index (χ3v) is 5.54. The van der Waals surface area contributed by atoms with Crippen LogP contribution in [0.4, 0.5) is 5.69 Å². The number of benzene rings is 2. The molecule has 3 aromatic rings. The number of aromatic nitrogens is 1. The second-order valence-electron chi connectivity index (χ2n) is 7.30. The first-order valence-corrected chi connectivity index (χ1v) is 11.0. The van der Waals surface area contributed by atoms with E-state index < -0.39 is 0 Å². The fourth-order valence-electron chi connectivity index (χ4n) is 3.00. The number of carbonyl (C=O) groups is 2. The molecule has 0 atom stereocenters. The molecule has 2 N–H and O–H groups in total. The van der Waals surface area contributed by atoms with Crippen LogP contribution in [0.25, 0.3) is 6.08 Å². The number of carbonyl (C=O) groups excluding carboxylic acids is 2. The Morgan fingerprint density at radius 3 is 2.71 bits per heavy atom. The summed E-state index contributed by atoms with van der Waals surface area (Å²) in [6.45, 7) is 2.32. The highest BCUT2D eigenvalue weighted by atomic mass is 32.1. The summed E-state index contributed by atoms with van der Waals surface area (Å²) >= 11 is 1.58. The molecule has 0 bridgehead atoms. The third kappa shape index (κ3) is 5.79. The lowest BCUT2D eigenvalue weighted by molar-refractivity contribution is -0.111. The van der Waals surface area contributed by atoms with Crippen molar-refractivity contribution in [2.24, 2.45) is 0 Å². The molecule has 0 spiro atoms. The molecule has 2 aromatic carbocycles. The molecule has 2 amide bonds. The van der Waals surface area contributed by atoms with Crippen LogP contribution in [0.15, 0.2) is 60.0 Å². The van der Waals surface area contributed by atoms with Gasteiger partial charge in [-0.1, -0.05) is 30.3 Å². The van der Waals surface area contributed by atoms with Gasteiger partial charge in [-0.05, 0) is 44.0 Å². The third-order valence-electron chi connectivity index (χ3n) is 4.72. The van der Waals surface area contributed by atoms with Crippen LogP contribution in [0, 0.1) is 6.92 Å². The molecule has 0 saturated heterocycles. The van der Waals surface area contributed by atoms with Crippen LogP contribution in [-0.2, 0) is 11.4 Å². The van der Waals surface area contributed by atoms with Gasteiger partial charge >= 0.3 is 0 Å². The Balaban J connectivity index is 1.41. The van der Waals surface area contributed by atoms with Crippen molar-refractivity contribution in [3.63, 3.8) is 0 Å². The van der Waals surface area contributed by atoms with Crippen molar-refractivity contribution in [2.45, 2.75) is 32.4 Å². The Labute approximate surface area is 185 Å². The Kier molecular flexibility index (Phi) is 6.43. The lowest BCUT2D eigenvalue weighted by atomic mass is 10.1. The van der Waals surface area contributed by atoms with E-state index in [9.17, 15) is 9.59 Å². The molecule has 158 valence electrons. The van der Waals surface area contributed by atoms with Crippen LogP contribution in [-0.4, -0.2) is 22.8 Å². The first-order chi connectivity index (χ1) is 15.1. The van der Waals surface area contributed by atoms with Crippen molar-refractivity contribution in [2.75, 3.05) is 5.32 Å². The molecule has 0 aliphatic heterocycles.